The Bertz CT molecular complexity index is 553. The topological polar surface area (TPSA) is 71.3 Å². The summed E-state index contributed by atoms with van der Waals surface area (Å²) in [5.74, 6) is 0.963. The lowest BCUT2D eigenvalue weighted by Gasteiger charge is -2.18. The van der Waals surface area contributed by atoms with Crippen molar-refractivity contribution in [2.24, 2.45) is 0 Å². The average Bonchev–Trinajstić information content (AvgIpc) is 2.94. The molecule has 0 fully saturated rings. The Kier molecular flexibility index (Phi) is 4.70. The highest BCUT2D eigenvalue weighted by Crippen LogP contribution is 2.15. The molecule has 0 aliphatic carbocycles. The molecular formula is C14H18N4O2. The number of nitrogens with zero attached hydrogens (tertiary/aromatic N) is 3. The zero-order chi connectivity index (χ0) is 14.4. The molecule has 0 aliphatic heterocycles. The van der Waals surface area contributed by atoms with Crippen LogP contribution in [0.4, 0.5) is 4.79 Å². The maximum Gasteiger partial charge on any atom is 0.317 e. The minimum absolute atomic E-state index is 0.130. The van der Waals surface area contributed by atoms with Gasteiger partial charge in [-0.2, -0.15) is 4.98 Å². The van der Waals surface area contributed by atoms with Gasteiger partial charge in [-0.15, -0.1) is 0 Å². The first-order valence-electron chi connectivity index (χ1n) is 6.65. The molecule has 0 aliphatic rings. The molecule has 0 saturated heterocycles. The molecule has 2 rings (SSSR count). The Hall–Kier alpha value is -2.37. The summed E-state index contributed by atoms with van der Waals surface area (Å²) in [6, 6.07) is 9.45. The lowest BCUT2D eigenvalue weighted by atomic mass is 10.2. The quantitative estimate of drug-likeness (QED) is 0.908. The van der Waals surface area contributed by atoms with Crippen LogP contribution in [0, 0.1) is 0 Å². The second-order valence-electron chi connectivity index (χ2n) is 4.23. The van der Waals surface area contributed by atoms with E-state index in [0.717, 1.165) is 5.56 Å². The maximum atomic E-state index is 11.8. The van der Waals surface area contributed by atoms with Gasteiger partial charge in [0.25, 0.3) is 0 Å². The molecular weight excluding hydrogens is 256 g/mol. The molecule has 1 aromatic carbocycles. The Morgan fingerprint density at radius 2 is 2.05 bits per heavy atom. The molecule has 1 N–H and O–H groups in total. The summed E-state index contributed by atoms with van der Waals surface area (Å²) >= 11 is 0. The number of amides is 2. The SMILES string of the molecule is CCNC(=O)N(CC)Cc1nc(-c2ccccc2)no1. The van der Waals surface area contributed by atoms with Crippen LogP contribution < -0.4 is 5.32 Å². The monoisotopic (exact) mass is 274 g/mol. The predicted molar refractivity (Wildman–Crippen MR) is 74.9 cm³/mol. The highest BCUT2D eigenvalue weighted by Gasteiger charge is 2.15. The third-order valence-corrected chi connectivity index (χ3v) is 2.82. The van der Waals surface area contributed by atoms with Crippen molar-refractivity contribution in [1.29, 1.82) is 0 Å². The lowest BCUT2D eigenvalue weighted by molar-refractivity contribution is 0.190. The number of nitrogens with one attached hydrogen (secondary N) is 1. The fourth-order valence-electron chi connectivity index (χ4n) is 1.78. The molecule has 2 amide bonds. The zero-order valence-electron chi connectivity index (χ0n) is 11.7. The summed E-state index contributed by atoms with van der Waals surface area (Å²) in [5.41, 5.74) is 0.892. The molecule has 20 heavy (non-hydrogen) atoms. The van der Waals surface area contributed by atoms with Crippen molar-refractivity contribution in [2.75, 3.05) is 13.1 Å². The van der Waals surface area contributed by atoms with Crippen molar-refractivity contribution in [1.82, 2.24) is 20.4 Å². The van der Waals surface area contributed by atoms with Crippen LogP contribution in [0.25, 0.3) is 11.4 Å². The summed E-state index contributed by atoms with van der Waals surface area (Å²) in [6.45, 7) is 5.27. The van der Waals surface area contributed by atoms with Crippen LogP contribution in [0.2, 0.25) is 0 Å². The van der Waals surface area contributed by atoms with E-state index in [-0.39, 0.29) is 6.03 Å². The van der Waals surface area contributed by atoms with Crippen LogP contribution in [0.15, 0.2) is 34.9 Å². The van der Waals surface area contributed by atoms with E-state index in [9.17, 15) is 4.79 Å². The van der Waals surface area contributed by atoms with Crippen LogP contribution in [-0.2, 0) is 6.54 Å². The van der Waals surface area contributed by atoms with Gasteiger partial charge < -0.3 is 14.7 Å². The molecule has 6 nitrogen and oxygen atoms in total. The Morgan fingerprint density at radius 3 is 2.70 bits per heavy atom. The molecule has 0 unspecified atom stereocenters. The standard InChI is InChI=1S/C14H18N4O2/c1-3-15-14(19)18(4-2)10-12-16-13(17-20-12)11-8-6-5-7-9-11/h5-9H,3-4,10H2,1-2H3,(H,15,19). The number of hydrogen-bond donors (Lipinski definition) is 1. The van der Waals surface area contributed by atoms with Gasteiger partial charge in [0.15, 0.2) is 0 Å². The highest BCUT2D eigenvalue weighted by molar-refractivity contribution is 5.73. The molecule has 0 spiro atoms. The Balaban J connectivity index is 2.07. The smallest absolute Gasteiger partial charge is 0.317 e. The molecule has 0 saturated carbocycles. The van der Waals surface area contributed by atoms with Crippen molar-refractivity contribution >= 4 is 6.03 Å². The van der Waals surface area contributed by atoms with E-state index in [0.29, 0.717) is 31.3 Å². The van der Waals surface area contributed by atoms with E-state index in [2.05, 4.69) is 15.5 Å². The number of carbonyl (C=O) groups is 1. The minimum Gasteiger partial charge on any atom is -0.338 e. The molecule has 6 heteroatoms. The van der Waals surface area contributed by atoms with Crippen molar-refractivity contribution in [3.63, 3.8) is 0 Å². The minimum atomic E-state index is -0.130. The van der Waals surface area contributed by atoms with E-state index >= 15 is 0 Å². The fraction of sp³-hybridized carbons (Fsp3) is 0.357. The van der Waals surface area contributed by atoms with Gasteiger partial charge in [0.2, 0.25) is 11.7 Å². The number of carbonyl (C=O) groups excluding carboxylic acids is 1. The van der Waals surface area contributed by atoms with Crippen LogP contribution in [0.3, 0.4) is 0 Å². The Morgan fingerprint density at radius 1 is 1.30 bits per heavy atom. The number of aromatic nitrogens is 2. The van der Waals surface area contributed by atoms with E-state index in [4.69, 9.17) is 4.52 Å². The molecule has 1 aromatic heterocycles. The van der Waals surface area contributed by atoms with E-state index in [1.165, 1.54) is 0 Å². The predicted octanol–water partition coefficient (Wildman–Crippen LogP) is 2.29. The highest BCUT2D eigenvalue weighted by atomic mass is 16.5. The van der Waals surface area contributed by atoms with Gasteiger partial charge in [-0.05, 0) is 13.8 Å². The number of hydrogen-bond acceptors (Lipinski definition) is 4. The Labute approximate surface area is 117 Å². The normalized spacial score (nSPS) is 10.3. The van der Waals surface area contributed by atoms with Crippen LogP contribution >= 0.6 is 0 Å². The summed E-state index contributed by atoms with van der Waals surface area (Å²) in [5, 5.41) is 6.69. The molecule has 1 heterocycles. The van der Waals surface area contributed by atoms with Gasteiger partial charge in [-0.1, -0.05) is 35.5 Å². The van der Waals surface area contributed by atoms with Crippen LogP contribution in [0.5, 0.6) is 0 Å². The third-order valence-electron chi connectivity index (χ3n) is 2.82. The van der Waals surface area contributed by atoms with Crippen molar-refractivity contribution in [3.05, 3.63) is 36.2 Å². The van der Waals surface area contributed by atoms with E-state index < -0.39 is 0 Å². The number of urea groups is 1. The van der Waals surface area contributed by atoms with Gasteiger partial charge in [-0.3, -0.25) is 0 Å². The molecule has 106 valence electrons. The van der Waals surface area contributed by atoms with Crippen molar-refractivity contribution < 1.29 is 9.32 Å². The van der Waals surface area contributed by atoms with E-state index in [1.807, 2.05) is 44.2 Å². The van der Waals surface area contributed by atoms with Crippen LogP contribution in [-0.4, -0.2) is 34.2 Å². The second-order valence-corrected chi connectivity index (χ2v) is 4.23. The molecule has 2 aromatic rings. The van der Waals surface area contributed by atoms with Gasteiger partial charge in [0.1, 0.15) is 6.54 Å². The van der Waals surface area contributed by atoms with Gasteiger partial charge in [0, 0.05) is 18.7 Å². The summed E-state index contributed by atoms with van der Waals surface area (Å²) in [6.07, 6.45) is 0. The van der Waals surface area contributed by atoms with Gasteiger partial charge in [0.05, 0.1) is 0 Å². The molecule has 0 bridgehead atoms. The summed E-state index contributed by atoms with van der Waals surface area (Å²) < 4.78 is 5.20. The first-order valence-corrected chi connectivity index (χ1v) is 6.65. The summed E-state index contributed by atoms with van der Waals surface area (Å²) in [7, 11) is 0. The largest absolute Gasteiger partial charge is 0.338 e. The average molecular weight is 274 g/mol. The van der Waals surface area contributed by atoms with Crippen molar-refractivity contribution in [2.45, 2.75) is 20.4 Å². The second kappa shape index (κ2) is 6.70. The fourth-order valence-corrected chi connectivity index (χ4v) is 1.78. The third kappa shape index (κ3) is 3.34. The van der Waals surface area contributed by atoms with Gasteiger partial charge in [-0.25, -0.2) is 4.79 Å². The number of benzene rings is 1. The maximum absolute atomic E-state index is 11.8. The molecule has 0 radical (unpaired) electrons. The van der Waals surface area contributed by atoms with Crippen LogP contribution in [0.1, 0.15) is 19.7 Å². The summed E-state index contributed by atoms with van der Waals surface area (Å²) in [4.78, 5) is 17.7. The first kappa shape index (κ1) is 14.0. The van der Waals surface area contributed by atoms with E-state index in [1.54, 1.807) is 4.90 Å². The lowest BCUT2D eigenvalue weighted by Crippen LogP contribution is -2.39. The van der Waals surface area contributed by atoms with Crippen molar-refractivity contribution in [3.8, 4) is 11.4 Å². The number of rotatable bonds is 5. The first-order chi connectivity index (χ1) is 9.74. The van der Waals surface area contributed by atoms with Gasteiger partial charge >= 0.3 is 6.03 Å². The molecule has 0 atom stereocenters. The zero-order valence-corrected chi connectivity index (χ0v) is 11.7.